The van der Waals surface area contributed by atoms with Gasteiger partial charge in [-0.25, -0.2) is 0 Å². The molecule has 7 rings (SSSR count). The maximum atomic E-state index is 14.1. The Balaban J connectivity index is 1.13. The number of rotatable bonds is 8. The molecule has 0 aromatic heterocycles. The molecule has 302 valence electrons. The zero-order valence-corrected chi connectivity index (χ0v) is 35.3. The number of nitrogens with one attached hydrogen (secondary N) is 1. The number of benzene rings is 1. The Morgan fingerprint density at radius 2 is 1.53 bits per heavy atom. The molecule has 0 heterocycles. The normalized spacial score (nSPS) is 40.5. The van der Waals surface area contributed by atoms with Crippen molar-refractivity contribution in [2.24, 2.45) is 68.0 Å². The molecule has 3 N–H and O–H groups in total. The summed E-state index contributed by atoms with van der Waals surface area (Å²) in [5, 5.41) is 25.3. The third kappa shape index (κ3) is 5.82. The molecule has 6 aliphatic rings. The molecule has 1 aromatic rings. The second kappa shape index (κ2) is 13.4. The van der Waals surface area contributed by atoms with Gasteiger partial charge in [0.2, 0.25) is 0 Å². The number of carbonyl (C=O) groups is 4. The van der Waals surface area contributed by atoms with Crippen molar-refractivity contribution >= 4 is 35.2 Å². The predicted octanol–water partition coefficient (Wildman–Crippen LogP) is 9.07. The van der Waals surface area contributed by atoms with E-state index >= 15 is 0 Å². The van der Waals surface area contributed by atoms with E-state index in [9.17, 15) is 29.4 Å². The Hall–Kier alpha value is -2.71. The smallest absolute Gasteiger partial charge is 0.309 e. The summed E-state index contributed by atoms with van der Waals surface area (Å²) in [5.41, 5.74) is 0.983. The van der Waals surface area contributed by atoms with Gasteiger partial charge in [-0.3, -0.25) is 19.2 Å². The van der Waals surface area contributed by atoms with Gasteiger partial charge in [0.1, 0.15) is 6.10 Å². The minimum atomic E-state index is -0.887. The molecule has 9 heteroatoms. The molecule has 55 heavy (non-hydrogen) atoms. The lowest BCUT2D eigenvalue weighted by Gasteiger charge is -2.72. The van der Waals surface area contributed by atoms with Crippen molar-refractivity contribution in [3.8, 4) is 0 Å². The minimum Gasteiger partial charge on any atom is -0.481 e. The molecule has 5 fully saturated rings. The first kappa shape index (κ1) is 40.5. The maximum absolute atomic E-state index is 14.1. The van der Waals surface area contributed by atoms with Crippen LogP contribution in [-0.4, -0.2) is 52.6 Å². The topological polar surface area (TPSA) is 130 Å². The van der Waals surface area contributed by atoms with Crippen LogP contribution in [0.3, 0.4) is 0 Å². The number of esters is 1. The van der Waals surface area contributed by atoms with Crippen LogP contribution in [0.2, 0.25) is 5.02 Å². The molecule has 0 bridgehead atoms. The monoisotopic (exact) mass is 777 g/mol. The van der Waals surface area contributed by atoms with Crippen LogP contribution in [-0.2, 0) is 19.1 Å². The number of hydrogen-bond acceptors (Lipinski definition) is 6. The molecule has 1 amide bonds. The van der Waals surface area contributed by atoms with Crippen molar-refractivity contribution in [3.05, 3.63) is 46.0 Å². The van der Waals surface area contributed by atoms with Crippen molar-refractivity contribution in [1.82, 2.24) is 5.32 Å². The van der Waals surface area contributed by atoms with Crippen molar-refractivity contribution in [2.45, 2.75) is 139 Å². The number of halogens is 1. The van der Waals surface area contributed by atoms with E-state index in [1.807, 2.05) is 13.8 Å². The Bertz CT molecular complexity index is 1800. The number of ether oxygens (including phenoxy) is 1. The number of allylic oxidation sites excluding steroid dienone is 1. The number of carboxylic acids is 1. The van der Waals surface area contributed by atoms with Crippen LogP contribution in [0.25, 0.3) is 0 Å². The van der Waals surface area contributed by atoms with Gasteiger partial charge in [0.05, 0.1) is 17.9 Å². The highest BCUT2D eigenvalue weighted by Crippen LogP contribution is 2.77. The Labute approximate surface area is 333 Å². The number of amides is 1. The first-order valence-electron chi connectivity index (χ1n) is 21.0. The lowest BCUT2D eigenvalue weighted by Crippen LogP contribution is -2.66. The lowest BCUT2D eigenvalue weighted by atomic mass is 9.33. The van der Waals surface area contributed by atoms with Gasteiger partial charge in [0.25, 0.3) is 5.91 Å². The second-order valence-corrected chi connectivity index (χ2v) is 21.3. The number of carboxylic acid groups (broad SMARTS) is 1. The number of carbonyl (C=O) groups excluding carboxylic acids is 3. The van der Waals surface area contributed by atoms with Crippen LogP contribution in [0.5, 0.6) is 0 Å². The Morgan fingerprint density at radius 1 is 0.855 bits per heavy atom. The molecular weight excluding hydrogens is 714 g/mol. The van der Waals surface area contributed by atoms with Gasteiger partial charge in [-0.15, -0.1) is 0 Å². The van der Waals surface area contributed by atoms with Gasteiger partial charge in [-0.2, -0.15) is 0 Å². The summed E-state index contributed by atoms with van der Waals surface area (Å²) in [6.07, 6.45) is 7.01. The fourth-order valence-electron chi connectivity index (χ4n) is 14.3. The Kier molecular flexibility index (Phi) is 9.88. The minimum absolute atomic E-state index is 0.00317. The molecule has 0 radical (unpaired) electrons. The zero-order chi connectivity index (χ0) is 40.3. The van der Waals surface area contributed by atoms with Crippen LogP contribution >= 0.6 is 11.6 Å². The SMILES string of the molecule is CC(C)C1=C2[C@H]3CC[C@@H]4[C@@]5(C)CC[C@H](OC(=O)[C@H]6C[C@@H](C(=O)O)C6(C)C)C(C)(C)[C@@H]5CC[C@@]4(C)[C@]3(C)CC[C@@]2([C@@H](O)CNC(=O)c2ccc(Cl)cc2)CC1=O. The summed E-state index contributed by atoms with van der Waals surface area (Å²) >= 11 is 6.05. The van der Waals surface area contributed by atoms with Gasteiger partial charge in [-0.1, -0.05) is 79.5 Å². The van der Waals surface area contributed by atoms with Gasteiger partial charge in [0, 0.05) is 34.4 Å². The largest absolute Gasteiger partial charge is 0.481 e. The number of hydrogen-bond donors (Lipinski definition) is 3. The fraction of sp³-hybridized carbons (Fsp3) is 0.739. The summed E-state index contributed by atoms with van der Waals surface area (Å²) in [6.45, 7) is 20.2. The molecule has 0 saturated heterocycles. The predicted molar refractivity (Wildman–Crippen MR) is 212 cm³/mol. The number of aliphatic carboxylic acids is 1. The number of aliphatic hydroxyl groups is 1. The summed E-state index contributed by atoms with van der Waals surface area (Å²) < 4.78 is 6.40. The van der Waals surface area contributed by atoms with Crippen molar-refractivity contribution in [1.29, 1.82) is 0 Å². The Morgan fingerprint density at radius 3 is 2.15 bits per heavy atom. The first-order chi connectivity index (χ1) is 25.6. The van der Waals surface area contributed by atoms with Crippen molar-refractivity contribution < 1.29 is 34.1 Å². The molecule has 8 nitrogen and oxygen atoms in total. The van der Waals surface area contributed by atoms with E-state index in [4.69, 9.17) is 16.3 Å². The average molecular weight is 778 g/mol. The van der Waals surface area contributed by atoms with E-state index in [0.29, 0.717) is 41.7 Å². The zero-order valence-electron chi connectivity index (χ0n) is 34.5. The van der Waals surface area contributed by atoms with Gasteiger partial charge in [0.15, 0.2) is 5.78 Å². The van der Waals surface area contributed by atoms with Crippen LogP contribution in [0.4, 0.5) is 0 Å². The van der Waals surface area contributed by atoms with Gasteiger partial charge in [-0.05, 0) is 133 Å². The third-order valence-corrected chi connectivity index (χ3v) is 18.0. The molecule has 0 aliphatic heterocycles. The van der Waals surface area contributed by atoms with Crippen LogP contribution in [0.15, 0.2) is 35.4 Å². The van der Waals surface area contributed by atoms with E-state index in [0.717, 1.165) is 50.5 Å². The van der Waals surface area contributed by atoms with E-state index in [1.165, 1.54) is 5.57 Å². The number of Topliss-reactive ketones (excluding diaryl/α,β-unsaturated/α-hetero) is 1. The van der Waals surface area contributed by atoms with Gasteiger partial charge < -0.3 is 20.3 Å². The van der Waals surface area contributed by atoms with Crippen molar-refractivity contribution in [2.75, 3.05) is 6.54 Å². The highest BCUT2D eigenvalue weighted by atomic mass is 35.5. The average Bonchev–Trinajstić information content (AvgIpc) is 3.41. The first-order valence-corrected chi connectivity index (χ1v) is 21.4. The molecule has 0 unspecified atom stereocenters. The summed E-state index contributed by atoms with van der Waals surface area (Å²) in [5.74, 6) is -1.10. The number of aliphatic hydroxyl groups excluding tert-OH is 1. The van der Waals surface area contributed by atoms with E-state index in [2.05, 4.69) is 53.8 Å². The molecule has 5 saturated carbocycles. The lowest BCUT2D eigenvalue weighted by molar-refractivity contribution is -0.238. The van der Waals surface area contributed by atoms with Crippen molar-refractivity contribution in [3.63, 3.8) is 0 Å². The fourth-order valence-corrected chi connectivity index (χ4v) is 14.5. The highest BCUT2D eigenvalue weighted by Gasteiger charge is 2.71. The molecule has 11 atom stereocenters. The highest BCUT2D eigenvalue weighted by molar-refractivity contribution is 6.30. The van der Waals surface area contributed by atoms with Crippen LogP contribution in [0, 0.1) is 68.0 Å². The summed E-state index contributed by atoms with van der Waals surface area (Å²) in [7, 11) is 0. The van der Waals surface area contributed by atoms with E-state index in [-0.39, 0.29) is 63.8 Å². The van der Waals surface area contributed by atoms with Crippen LogP contribution in [0.1, 0.15) is 137 Å². The molecule has 6 aliphatic carbocycles. The standard InChI is InChI=1S/C46H64ClNO7/c1-25(2)36-31(49)23-46(34(50)24-48-38(51)26-10-12-27(47)13-11-26)21-20-44(8)28(37(36)46)14-15-33-43(7)18-17-35(42(5,6)32(43)16-19-45(33,44)9)55-40(54)30-22-29(39(52)53)41(30,3)4/h10-13,25,28-30,32-35,50H,14-24H2,1-9H3,(H,48,51)(H,52,53)/t28-,29+,30-,32+,33-,34+,35+,43+,44-,45-,46+/m1/s1. The second-order valence-electron chi connectivity index (χ2n) is 20.9. The van der Waals surface area contributed by atoms with E-state index in [1.54, 1.807) is 24.3 Å². The maximum Gasteiger partial charge on any atom is 0.309 e. The summed E-state index contributed by atoms with van der Waals surface area (Å²) in [6, 6.07) is 6.72. The quantitative estimate of drug-likeness (QED) is 0.225. The van der Waals surface area contributed by atoms with E-state index < -0.39 is 34.7 Å². The summed E-state index contributed by atoms with van der Waals surface area (Å²) in [4.78, 5) is 52.6. The van der Waals surface area contributed by atoms with Gasteiger partial charge >= 0.3 is 11.9 Å². The number of ketones is 1. The third-order valence-electron chi connectivity index (χ3n) is 17.7. The number of fused-ring (bicyclic) bond motifs is 7. The van der Waals surface area contributed by atoms with Crippen LogP contribution < -0.4 is 5.32 Å². The molecular formula is C46H64ClNO7. The molecule has 0 spiro atoms. The molecule has 1 aromatic carbocycles.